The van der Waals surface area contributed by atoms with Crippen molar-refractivity contribution in [1.29, 1.82) is 0 Å². The molecule has 0 saturated heterocycles. The zero-order chi connectivity index (χ0) is 8.97. The Hall–Kier alpha value is -0.570. The van der Waals surface area contributed by atoms with Crippen molar-refractivity contribution < 1.29 is 4.21 Å². The smallest absolute Gasteiger partial charge is 0.0333 e. The maximum absolute atomic E-state index is 11.0. The highest BCUT2D eigenvalue weighted by Gasteiger charge is 2.04. The van der Waals surface area contributed by atoms with Crippen LogP contribution >= 0.6 is 0 Å². The van der Waals surface area contributed by atoms with Gasteiger partial charge in [0.15, 0.2) is 0 Å². The normalized spacial score (nSPS) is 15.8. The summed E-state index contributed by atoms with van der Waals surface area (Å²) in [5, 5.41) is 0.299. The summed E-state index contributed by atoms with van der Waals surface area (Å²) in [7, 11) is -0.685. The minimum absolute atomic E-state index is 0.299. The Morgan fingerprint density at radius 3 is 2.50 bits per heavy atom. The van der Waals surface area contributed by atoms with Crippen LogP contribution in [0.4, 0.5) is 0 Å². The van der Waals surface area contributed by atoms with Crippen LogP contribution in [0.1, 0.15) is 13.3 Å². The van der Waals surface area contributed by atoms with E-state index >= 15 is 0 Å². The molecule has 0 aliphatic carbocycles. The van der Waals surface area contributed by atoms with E-state index in [0.717, 1.165) is 13.0 Å². The van der Waals surface area contributed by atoms with E-state index in [4.69, 9.17) is 0 Å². The Balaban J connectivity index is 2.31. The number of nitrogens with zero attached hydrogens (tertiary/aromatic N) is 1. The van der Waals surface area contributed by atoms with Crippen molar-refractivity contribution in [3.05, 3.63) is 24.5 Å². The molecule has 0 radical (unpaired) electrons. The van der Waals surface area contributed by atoms with Gasteiger partial charge in [-0.1, -0.05) is 6.92 Å². The van der Waals surface area contributed by atoms with Gasteiger partial charge in [0.25, 0.3) is 0 Å². The molecule has 0 aromatic carbocycles. The van der Waals surface area contributed by atoms with Crippen LogP contribution in [-0.4, -0.2) is 20.3 Å². The van der Waals surface area contributed by atoms with Crippen LogP contribution in [0, 0.1) is 0 Å². The predicted molar refractivity (Wildman–Crippen MR) is 52.6 cm³/mol. The average Bonchev–Trinajstić information content (AvgIpc) is 2.51. The zero-order valence-electron chi connectivity index (χ0n) is 7.56. The first-order valence-corrected chi connectivity index (χ1v) is 5.75. The van der Waals surface area contributed by atoms with Crippen LogP contribution in [0.2, 0.25) is 0 Å². The van der Waals surface area contributed by atoms with E-state index in [2.05, 4.69) is 4.57 Å². The van der Waals surface area contributed by atoms with Crippen molar-refractivity contribution in [2.24, 2.45) is 0 Å². The van der Waals surface area contributed by atoms with Crippen LogP contribution in [0.15, 0.2) is 24.5 Å². The van der Waals surface area contributed by atoms with Crippen LogP contribution in [-0.2, 0) is 17.3 Å². The Labute approximate surface area is 76.0 Å². The molecule has 1 aromatic heterocycles. The van der Waals surface area contributed by atoms with E-state index in [9.17, 15) is 4.21 Å². The molecule has 2 nitrogen and oxygen atoms in total. The average molecular weight is 185 g/mol. The largest absolute Gasteiger partial charge is 0.354 e. The lowest BCUT2D eigenvalue weighted by molar-refractivity contribution is 0.621. The van der Waals surface area contributed by atoms with E-state index in [1.54, 1.807) is 6.26 Å². The molecule has 0 fully saturated rings. The topological polar surface area (TPSA) is 22.0 Å². The molecule has 1 heterocycles. The fraction of sp³-hybridized carbons (Fsp3) is 0.556. The molecule has 12 heavy (non-hydrogen) atoms. The predicted octanol–water partition coefficient (Wildman–Crippen LogP) is 1.65. The van der Waals surface area contributed by atoms with Gasteiger partial charge in [-0.3, -0.25) is 4.21 Å². The number of aromatic nitrogens is 1. The number of hydrogen-bond donors (Lipinski definition) is 0. The molecule has 1 aromatic rings. The molecule has 0 aliphatic rings. The summed E-state index contributed by atoms with van der Waals surface area (Å²) < 4.78 is 13.1. The SMILES string of the molecule is CC(CCn1cccc1)S(C)=O. The van der Waals surface area contributed by atoms with Crippen molar-refractivity contribution in [2.75, 3.05) is 6.26 Å². The fourth-order valence-corrected chi connectivity index (χ4v) is 1.45. The fourth-order valence-electron chi connectivity index (χ4n) is 1.02. The van der Waals surface area contributed by atoms with Gasteiger partial charge in [0.05, 0.1) is 0 Å². The summed E-state index contributed by atoms with van der Waals surface area (Å²) in [5.41, 5.74) is 0. The third-order valence-electron chi connectivity index (χ3n) is 2.03. The zero-order valence-corrected chi connectivity index (χ0v) is 8.38. The Morgan fingerprint density at radius 2 is 2.00 bits per heavy atom. The van der Waals surface area contributed by atoms with Gasteiger partial charge in [0, 0.05) is 41.2 Å². The minimum atomic E-state index is -0.685. The van der Waals surface area contributed by atoms with E-state index in [0.29, 0.717) is 5.25 Å². The van der Waals surface area contributed by atoms with Crippen LogP contribution in [0.3, 0.4) is 0 Å². The lowest BCUT2D eigenvalue weighted by Crippen LogP contribution is -2.11. The molecule has 0 bridgehead atoms. The Morgan fingerprint density at radius 1 is 1.42 bits per heavy atom. The second-order valence-electron chi connectivity index (χ2n) is 3.02. The molecule has 2 unspecified atom stereocenters. The summed E-state index contributed by atoms with van der Waals surface area (Å²) >= 11 is 0. The maximum Gasteiger partial charge on any atom is 0.0333 e. The lowest BCUT2D eigenvalue weighted by Gasteiger charge is -2.08. The summed E-state index contributed by atoms with van der Waals surface area (Å²) in [5.74, 6) is 0. The van der Waals surface area contributed by atoms with Gasteiger partial charge < -0.3 is 4.57 Å². The van der Waals surface area contributed by atoms with E-state index in [1.807, 2.05) is 31.5 Å². The number of aryl methyl sites for hydroxylation is 1. The van der Waals surface area contributed by atoms with E-state index in [1.165, 1.54) is 0 Å². The van der Waals surface area contributed by atoms with Gasteiger partial charge in [0.2, 0.25) is 0 Å². The van der Waals surface area contributed by atoms with Crippen molar-refractivity contribution >= 4 is 10.8 Å². The van der Waals surface area contributed by atoms with Gasteiger partial charge in [-0.05, 0) is 18.6 Å². The minimum Gasteiger partial charge on any atom is -0.354 e. The first kappa shape index (κ1) is 9.52. The van der Waals surface area contributed by atoms with E-state index < -0.39 is 10.8 Å². The monoisotopic (exact) mass is 185 g/mol. The lowest BCUT2D eigenvalue weighted by atomic mass is 10.3. The van der Waals surface area contributed by atoms with Gasteiger partial charge in [-0.25, -0.2) is 0 Å². The van der Waals surface area contributed by atoms with Gasteiger partial charge >= 0.3 is 0 Å². The third-order valence-corrected chi connectivity index (χ3v) is 3.40. The van der Waals surface area contributed by atoms with Crippen molar-refractivity contribution in [3.8, 4) is 0 Å². The third kappa shape index (κ3) is 2.81. The highest BCUT2D eigenvalue weighted by molar-refractivity contribution is 7.84. The maximum atomic E-state index is 11.0. The summed E-state index contributed by atoms with van der Waals surface area (Å²) in [4.78, 5) is 0. The van der Waals surface area contributed by atoms with Crippen molar-refractivity contribution in [1.82, 2.24) is 4.57 Å². The standard InChI is InChI=1S/C9H15NOS/c1-9(12(2)11)5-8-10-6-3-4-7-10/h3-4,6-7,9H,5,8H2,1-2H3. The Bertz CT molecular complexity index is 243. The second kappa shape index (κ2) is 4.45. The molecule has 2 atom stereocenters. The Kier molecular flexibility index (Phi) is 3.53. The van der Waals surface area contributed by atoms with Crippen molar-refractivity contribution in [2.45, 2.75) is 25.1 Å². The van der Waals surface area contributed by atoms with Gasteiger partial charge in [-0.15, -0.1) is 0 Å². The first-order chi connectivity index (χ1) is 5.70. The molecule has 68 valence electrons. The quantitative estimate of drug-likeness (QED) is 0.699. The highest BCUT2D eigenvalue weighted by atomic mass is 32.2. The van der Waals surface area contributed by atoms with Gasteiger partial charge in [-0.2, -0.15) is 0 Å². The molecule has 0 spiro atoms. The van der Waals surface area contributed by atoms with Gasteiger partial charge in [0.1, 0.15) is 0 Å². The summed E-state index contributed by atoms with van der Waals surface area (Å²) in [6.45, 7) is 2.99. The second-order valence-corrected chi connectivity index (χ2v) is 4.82. The molecule has 0 N–H and O–H groups in total. The molecule has 0 amide bonds. The molecule has 0 aliphatic heterocycles. The van der Waals surface area contributed by atoms with Crippen LogP contribution < -0.4 is 0 Å². The highest BCUT2D eigenvalue weighted by Crippen LogP contribution is 2.02. The molecular weight excluding hydrogens is 170 g/mol. The summed E-state index contributed by atoms with van der Waals surface area (Å²) in [6.07, 6.45) is 6.81. The summed E-state index contributed by atoms with van der Waals surface area (Å²) in [6, 6.07) is 4.02. The first-order valence-electron chi connectivity index (χ1n) is 4.13. The molecule has 3 heteroatoms. The number of rotatable bonds is 4. The molecule has 0 saturated carbocycles. The van der Waals surface area contributed by atoms with Crippen LogP contribution in [0.5, 0.6) is 0 Å². The van der Waals surface area contributed by atoms with E-state index in [-0.39, 0.29) is 0 Å². The van der Waals surface area contributed by atoms with Crippen molar-refractivity contribution in [3.63, 3.8) is 0 Å². The molecule has 1 rings (SSSR count). The van der Waals surface area contributed by atoms with Crippen LogP contribution in [0.25, 0.3) is 0 Å². The number of hydrogen-bond acceptors (Lipinski definition) is 1. The molecular formula is C9H15NOS.